The summed E-state index contributed by atoms with van der Waals surface area (Å²) in [7, 11) is -0.728. The van der Waals surface area contributed by atoms with E-state index >= 15 is 0 Å². The first-order chi connectivity index (χ1) is 5.88. The average Bonchev–Trinajstić information content (AvgIpc) is 2.90. The van der Waals surface area contributed by atoms with Gasteiger partial charge in [0.2, 0.25) is 0 Å². The van der Waals surface area contributed by atoms with E-state index in [1.54, 1.807) is 0 Å². The van der Waals surface area contributed by atoms with E-state index in [0.29, 0.717) is 0 Å². The number of hydrogen-bond donors (Lipinski definition) is 2. The third-order valence-corrected chi connectivity index (χ3v) is 2.23. The van der Waals surface area contributed by atoms with Crippen molar-refractivity contribution in [1.82, 2.24) is 0 Å². The first kappa shape index (κ1) is 7.65. The summed E-state index contributed by atoms with van der Waals surface area (Å²) in [6.07, 6.45) is 0. The molecule has 0 saturated carbocycles. The molecule has 2 rings (SSSR count). The lowest BCUT2D eigenvalue weighted by atomic mass is 10.2. The lowest BCUT2D eigenvalue weighted by Crippen LogP contribution is -2.38. The predicted octanol–water partition coefficient (Wildman–Crippen LogP) is 0.331. The zero-order valence-corrected chi connectivity index (χ0v) is 7.16. The molecule has 0 fully saturated rings. The number of nitrogens with one attached hydrogen (secondary N) is 1. The highest BCUT2D eigenvalue weighted by molar-refractivity contribution is 7.46. The Morgan fingerprint density at radius 1 is 1.42 bits per heavy atom. The molecule has 0 saturated heterocycles. The van der Waals surface area contributed by atoms with Crippen LogP contribution in [-0.2, 0) is 6.61 Å². The van der Waals surface area contributed by atoms with Gasteiger partial charge in [0.25, 0.3) is 0 Å². The van der Waals surface area contributed by atoms with Crippen LogP contribution in [0, 0.1) is 0 Å². The van der Waals surface area contributed by atoms with E-state index < -0.39 is 8.45 Å². The molecule has 1 unspecified atom stereocenters. The maximum absolute atomic E-state index is 8.76. The zero-order valence-electron chi connectivity index (χ0n) is 6.27. The molecule has 62 valence electrons. The third kappa shape index (κ3) is 1.78. The van der Waals surface area contributed by atoms with Gasteiger partial charge in [-0.2, -0.15) is 0 Å². The lowest BCUT2D eigenvalue weighted by Gasteiger charge is -1.97. The average molecular weight is 183 g/mol. The van der Waals surface area contributed by atoms with Gasteiger partial charge in [-0.15, -0.1) is 0 Å². The summed E-state index contributed by atoms with van der Waals surface area (Å²) < 4.78 is 5.33. The van der Waals surface area contributed by atoms with Crippen LogP contribution >= 0.6 is 8.45 Å². The Morgan fingerprint density at radius 3 is 2.58 bits per heavy atom. The van der Waals surface area contributed by atoms with E-state index in [1.165, 1.54) is 0 Å². The van der Waals surface area contributed by atoms with Crippen molar-refractivity contribution in [3.8, 4) is 5.75 Å². The maximum Gasteiger partial charge on any atom is 0.622 e. The molecule has 0 radical (unpaired) electrons. The summed E-state index contributed by atoms with van der Waals surface area (Å²) in [6.45, 7) is 0.0671. The topological polar surface area (TPSA) is 55.8 Å². The Bertz CT molecular complexity index is 293. The summed E-state index contributed by atoms with van der Waals surface area (Å²) in [4.78, 5) is 6.51. The van der Waals surface area contributed by atoms with Crippen LogP contribution in [0.15, 0.2) is 29.2 Å². The minimum Gasteiger partial charge on any atom is -0.396 e. The number of aliphatic hydroxyl groups excluding tert-OH is 1. The van der Waals surface area contributed by atoms with Crippen LogP contribution in [0.4, 0.5) is 0 Å². The van der Waals surface area contributed by atoms with Gasteiger partial charge in [-0.3, -0.25) is 0 Å². The van der Waals surface area contributed by atoms with Gasteiger partial charge in [0.05, 0.1) is 6.61 Å². The Hall–Kier alpha value is -0.990. The number of aliphatic hydroxyl groups is 1. The van der Waals surface area contributed by atoms with Crippen molar-refractivity contribution in [2.75, 3.05) is 0 Å². The standard InChI is InChI=1S/C7H7N2O2P/c10-5-6-1-3-7(4-2-6)11-12-8-9-12/h1-4,10H,5H2/p+1. The molecule has 1 atom stereocenters. The summed E-state index contributed by atoms with van der Waals surface area (Å²) in [6, 6.07) is 7.30. The molecule has 0 spiro atoms. The van der Waals surface area contributed by atoms with Crippen molar-refractivity contribution >= 4 is 8.45 Å². The highest BCUT2D eigenvalue weighted by atomic mass is 31.2. The highest BCUT2D eigenvalue weighted by Crippen LogP contribution is 2.34. The molecule has 1 heterocycles. The summed E-state index contributed by atoms with van der Waals surface area (Å²) in [5.41, 5.74) is 0.885. The first-order valence-electron chi connectivity index (χ1n) is 3.53. The van der Waals surface area contributed by atoms with Gasteiger partial charge < -0.3 is 9.63 Å². The van der Waals surface area contributed by atoms with Gasteiger partial charge in [-0.05, 0) is 17.7 Å². The molecular weight excluding hydrogens is 175 g/mol. The minimum absolute atomic E-state index is 0.0671. The number of nitrogens with zero attached hydrogens (tertiary/aromatic N) is 1. The molecule has 1 aliphatic heterocycles. The molecule has 0 aliphatic carbocycles. The molecule has 1 aromatic carbocycles. The zero-order chi connectivity index (χ0) is 8.39. The molecular formula is C7H8N2O2P+. The van der Waals surface area contributed by atoms with Crippen LogP contribution in [0.1, 0.15) is 5.56 Å². The Balaban J connectivity index is 2.02. The lowest BCUT2D eigenvalue weighted by molar-refractivity contribution is -0.276. The van der Waals surface area contributed by atoms with Crippen molar-refractivity contribution in [3.63, 3.8) is 0 Å². The van der Waals surface area contributed by atoms with Crippen molar-refractivity contribution in [2.24, 2.45) is 4.88 Å². The van der Waals surface area contributed by atoms with E-state index in [2.05, 4.69) is 9.77 Å². The molecule has 5 heteroatoms. The van der Waals surface area contributed by atoms with Crippen LogP contribution < -0.4 is 9.41 Å². The van der Waals surface area contributed by atoms with Gasteiger partial charge in [0.15, 0.2) is 0 Å². The normalized spacial score (nSPS) is 19.2. The van der Waals surface area contributed by atoms with Gasteiger partial charge in [0, 0.05) is 0 Å². The maximum atomic E-state index is 8.76. The van der Waals surface area contributed by atoms with Crippen LogP contribution in [0.2, 0.25) is 0 Å². The Kier molecular flexibility index (Phi) is 2.02. The van der Waals surface area contributed by atoms with Gasteiger partial charge in [-0.25, -0.2) is 0 Å². The second kappa shape index (κ2) is 3.17. The number of rotatable bonds is 3. The molecule has 1 aliphatic rings. The predicted molar refractivity (Wildman–Crippen MR) is 43.3 cm³/mol. The van der Waals surface area contributed by atoms with Crippen molar-refractivity contribution in [2.45, 2.75) is 6.61 Å². The molecule has 1 aromatic rings. The van der Waals surface area contributed by atoms with Crippen molar-refractivity contribution < 1.29 is 14.5 Å². The molecule has 0 bridgehead atoms. The summed E-state index contributed by atoms with van der Waals surface area (Å²) in [5, 5.41) is 8.76. The SMILES string of the molecule is OCc1ccc(OP2N=[NH+]2)cc1. The Labute approximate surface area is 70.8 Å². The highest BCUT2D eigenvalue weighted by Gasteiger charge is 2.35. The summed E-state index contributed by atoms with van der Waals surface area (Å²) in [5.74, 6) is 0.784. The van der Waals surface area contributed by atoms with Crippen molar-refractivity contribution in [3.05, 3.63) is 29.8 Å². The van der Waals surface area contributed by atoms with E-state index in [4.69, 9.17) is 9.63 Å². The smallest absolute Gasteiger partial charge is 0.396 e. The second-order valence-corrected chi connectivity index (χ2v) is 3.49. The van der Waals surface area contributed by atoms with Crippen molar-refractivity contribution in [1.29, 1.82) is 0 Å². The molecule has 0 amide bonds. The van der Waals surface area contributed by atoms with Crippen LogP contribution in [-0.4, -0.2) is 5.11 Å². The fourth-order valence-corrected chi connectivity index (χ4v) is 1.36. The monoisotopic (exact) mass is 183 g/mol. The first-order valence-corrected chi connectivity index (χ1v) is 4.74. The van der Waals surface area contributed by atoms with Crippen LogP contribution in [0.3, 0.4) is 0 Å². The van der Waals surface area contributed by atoms with E-state index in [9.17, 15) is 0 Å². The fourth-order valence-electron chi connectivity index (χ4n) is 0.815. The van der Waals surface area contributed by atoms with E-state index in [-0.39, 0.29) is 6.61 Å². The van der Waals surface area contributed by atoms with E-state index in [1.807, 2.05) is 24.3 Å². The molecule has 4 nitrogen and oxygen atoms in total. The largest absolute Gasteiger partial charge is 0.622 e. The summed E-state index contributed by atoms with van der Waals surface area (Å²) >= 11 is 0. The van der Waals surface area contributed by atoms with Crippen LogP contribution in [0.25, 0.3) is 0 Å². The number of benzene rings is 1. The van der Waals surface area contributed by atoms with Crippen LogP contribution in [0.5, 0.6) is 5.75 Å². The fraction of sp³-hybridized carbons (Fsp3) is 0.143. The molecule has 2 N–H and O–H groups in total. The molecule has 0 aromatic heterocycles. The minimum atomic E-state index is -0.728. The van der Waals surface area contributed by atoms with E-state index in [0.717, 1.165) is 11.3 Å². The quantitative estimate of drug-likeness (QED) is 0.663. The van der Waals surface area contributed by atoms with Gasteiger partial charge in [-0.1, -0.05) is 17.0 Å². The third-order valence-electron chi connectivity index (χ3n) is 1.48. The van der Waals surface area contributed by atoms with Gasteiger partial charge >= 0.3 is 8.45 Å². The van der Waals surface area contributed by atoms with Gasteiger partial charge in [0.1, 0.15) is 10.6 Å². The molecule has 12 heavy (non-hydrogen) atoms. The second-order valence-electron chi connectivity index (χ2n) is 2.37. The number of hydrogen-bond acceptors (Lipinski definition) is 3. The Morgan fingerprint density at radius 2 is 2.08 bits per heavy atom.